The van der Waals surface area contributed by atoms with Crippen LogP contribution in [0.3, 0.4) is 0 Å². The number of nitrogens with zero attached hydrogens (tertiary/aromatic N) is 3. The number of hydrogen-bond acceptors (Lipinski definition) is 6. The van der Waals surface area contributed by atoms with Crippen molar-refractivity contribution in [2.75, 3.05) is 32.9 Å². The van der Waals surface area contributed by atoms with Gasteiger partial charge in [-0.05, 0) is 25.5 Å². The number of aliphatic hydroxyl groups is 1. The lowest BCUT2D eigenvalue weighted by Crippen LogP contribution is -2.37. The van der Waals surface area contributed by atoms with E-state index in [0.29, 0.717) is 39.5 Å². The van der Waals surface area contributed by atoms with Crippen LogP contribution in [0.5, 0.6) is 5.75 Å². The largest absolute Gasteiger partial charge is 0.489 e. The van der Waals surface area contributed by atoms with Crippen LogP contribution in [-0.2, 0) is 9.53 Å². The quantitative estimate of drug-likeness (QED) is 0.391. The summed E-state index contributed by atoms with van der Waals surface area (Å²) in [5.74, 6) is -0.0895. The van der Waals surface area contributed by atoms with Gasteiger partial charge in [-0.15, -0.1) is 0 Å². The van der Waals surface area contributed by atoms with Gasteiger partial charge < -0.3 is 19.5 Å². The molecular formula is C21H26Cl3N3O5. The van der Waals surface area contributed by atoms with E-state index in [1.54, 1.807) is 36.4 Å². The molecule has 0 saturated carbocycles. The van der Waals surface area contributed by atoms with Crippen LogP contribution < -0.4 is 4.74 Å². The lowest BCUT2D eigenvalue weighted by molar-refractivity contribution is -0.139. The van der Waals surface area contributed by atoms with E-state index >= 15 is 0 Å². The fraction of sp³-hybridized carbons (Fsp3) is 0.381. The molecule has 32 heavy (non-hydrogen) atoms. The van der Waals surface area contributed by atoms with E-state index in [1.807, 2.05) is 6.92 Å². The second-order valence-corrected chi connectivity index (χ2v) is 7.68. The molecule has 2 rings (SSSR count). The SMILES string of the molecule is C=C(C)C(=O)OCCO.CCCN(CCOc1c(Cl)cc(Cl)cc1Cl)C(=O)n1ccnc1. The Labute approximate surface area is 202 Å². The maximum absolute atomic E-state index is 12.3. The monoisotopic (exact) mass is 505 g/mol. The lowest BCUT2D eigenvalue weighted by Gasteiger charge is -2.22. The van der Waals surface area contributed by atoms with Gasteiger partial charge >= 0.3 is 12.0 Å². The van der Waals surface area contributed by atoms with Crippen molar-refractivity contribution in [3.05, 3.63) is 58.1 Å². The summed E-state index contributed by atoms with van der Waals surface area (Å²) in [5.41, 5.74) is 0.350. The number of aromatic nitrogens is 2. The minimum Gasteiger partial charge on any atom is -0.489 e. The molecule has 0 aliphatic carbocycles. The Bertz CT molecular complexity index is 868. The molecule has 0 aliphatic heterocycles. The molecule has 8 nitrogen and oxygen atoms in total. The van der Waals surface area contributed by atoms with Gasteiger partial charge in [-0.3, -0.25) is 4.57 Å². The Morgan fingerprint density at radius 3 is 2.34 bits per heavy atom. The van der Waals surface area contributed by atoms with E-state index in [9.17, 15) is 9.59 Å². The van der Waals surface area contributed by atoms with Gasteiger partial charge in [0.25, 0.3) is 0 Å². The molecule has 176 valence electrons. The lowest BCUT2D eigenvalue weighted by atomic mass is 10.3. The zero-order valence-corrected chi connectivity index (χ0v) is 20.2. The maximum Gasteiger partial charge on any atom is 0.333 e. The summed E-state index contributed by atoms with van der Waals surface area (Å²) in [6.45, 7) is 8.10. The number of esters is 1. The predicted octanol–water partition coefficient (Wildman–Crippen LogP) is 4.70. The molecule has 1 aromatic carbocycles. The number of carbonyl (C=O) groups is 2. The fourth-order valence-corrected chi connectivity index (χ4v) is 3.22. The normalized spacial score (nSPS) is 10.1. The summed E-state index contributed by atoms with van der Waals surface area (Å²) >= 11 is 18.0. The number of amides is 1. The van der Waals surface area contributed by atoms with Gasteiger partial charge in [0.15, 0.2) is 5.75 Å². The summed E-state index contributed by atoms with van der Waals surface area (Å²) in [5, 5.41) is 9.31. The first-order valence-corrected chi connectivity index (χ1v) is 10.8. The highest BCUT2D eigenvalue weighted by Gasteiger charge is 2.15. The molecule has 2 aromatic rings. The van der Waals surface area contributed by atoms with Crippen molar-refractivity contribution < 1.29 is 24.2 Å². The summed E-state index contributed by atoms with van der Waals surface area (Å²) in [7, 11) is 0. The average Bonchev–Trinajstić information content (AvgIpc) is 3.27. The average molecular weight is 507 g/mol. The molecule has 1 N–H and O–H groups in total. The Balaban J connectivity index is 0.000000482. The van der Waals surface area contributed by atoms with Crippen LogP contribution in [0.25, 0.3) is 0 Å². The Hall–Kier alpha value is -2.26. The third kappa shape index (κ3) is 9.48. The zero-order chi connectivity index (χ0) is 24.1. The number of rotatable bonds is 9. The van der Waals surface area contributed by atoms with Crippen LogP contribution in [-0.4, -0.2) is 64.5 Å². The van der Waals surface area contributed by atoms with Gasteiger partial charge in [0.1, 0.15) is 19.5 Å². The molecule has 1 aromatic heterocycles. The molecule has 0 saturated heterocycles. The molecule has 0 fully saturated rings. The van der Waals surface area contributed by atoms with Crippen LogP contribution in [0.4, 0.5) is 4.79 Å². The molecule has 1 heterocycles. The first kappa shape index (κ1) is 27.8. The van der Waals surface area contributed by atoms with Gasteiger partial charge in [-0.2, -0.15) is 0 Å². The van der Waals surface area contributed by atoms with Crippen molar-refractivity contribution in [3.8, 4) is 5.75 Å². The van der Waals surface area contributed by atoms with Gasteiger partial charge in [-0.25, -0.2) is 14.6 Å². The third-order valence-electron chi connectivity index (χ3n) is 3.73. The first-order valence-electron chi connectivity index (χ1n) is 9.69. The molecule has 0 bridgehead atoms. The standard InChI is InChI=1S/C15H16Cl3N3O2.C6H10O3/c1-2-4-20(15(22)21-5-3-19-10-21)6-7-23-14-12(17)8-11(16)9-13(14)18;1-5(2)6(8)9-4-3-7/h3,5,8-10H,2,4,6-7H2,1H3;7H,1,3-4H2,2H3. The van der Waals surface area contributed by atoms with Gasteiger partial charge in [0.2, 0.25) is 0 Å². The molecule has 1 amide bonds. The van der Waals surface area contributed by atoms with Gasteiger partial charge in [-0.1, -0.05) is 48.3 Å². The van der Waals surface area contributed by atoms with Crippen LogP contribution in [0.15, 0.2) is 43.0 Å². The predicted molar refractivity (Wildman–Crippen MR) is 125 cm³/mol. The number of hydrogen-bond donors (Lipinski definition) is 1. The molecule has 0 unspecified atom stereocenters. The summed E-state index contributed by atoms with van der Waals surface area (Å²) in [6.07, 6.45) is 5.48. The smallest absolute Gasteiger partial charge is 0.333 e. The van der Waals surface area contributed by atoms with E-state index < -0.39 is 5.97 Å². The van der Waals surface area contributed by atoms with E-state index in [4.69, 9.17) is 44.6 Å². The molecule has 0 spiro atoms. The van der Waals surface area contributed by atoms with Crippen molar-refractivity contribution in [3.63, 3.8) is 0 Å². The molecule has 0 aliphatic rings. The van der Waals surface area contributed by atoms with Crippen molar-refractivity contribution in [1.29, 1.82) is 0 Å². The van der Waals surface area contributed by atoms with Crippen molar-refractivity contribution in [2.45, 2.75) is 20.3 Å². The highest BCUT2D eigenvalue weighted by atomic mass is 35.5. The molecule has 11 heteroatoms. The van der Waals surface area contributed by atoms with Crippen LogP contribution in [0, 0.1) is 0 Å². The van der Waals surface area contributed by atoms with Crippen LogP contribution in [0.1, 0.15) is 20.3 Å². The highest BCUT2D eigenvalue weighted by molar-refractivity contribution is 6.40. The second-order valence-electron chi connectivity index (χ2n) is 6.43. The maximum atomic E-state index is 12.3. The second kappa shape index (κ2) is 14.7. The van der Waals surface area contributed by atoms with Crippen molar-refractivity contribution >= 4 is 46.8 Å². The Morgan fingerprint density at radius 2 is 1.84 bits per heavy atom. The zero-order valence-electron chi connectivity index (χ0n) is 17.9. The summed E-state index contributed by atoms with van der Waals surface area (Å²) in [6, 6.07) is 2.97. The van der Waals surface area contributed by atoms with E-state index in [0.717, 1.165) is 6.42 Å². The molecule has 0 atom stereocenters. The van der Waals surface area contributed by atoms with Gasteiger partial charge in [0.05, 0.1) is 23.2 Å². The first-order chi connectivity index (χ1) is 15.2. The number of ether oxygens (including phenoxy) is 2. The molecule has 0 radical (unpaired) electrons. The minimum absolute atomic E-state index is 0.0473. The van der Waals surface area contributed by atoms with E-state index in [2.05, 4.69) is 16.3 Å². The van der Waals surface area contributed by atoms with Crippen LogP contribution >= 0.6 is 34.8 Å². The third-order valence-corrected chi connectivity index (χ3v) is 4.51. The van der Waals surface area contributed by atoms with Crippen molar-refractivity contribution in [1.82, 2.24) is 14.5 Å². The number of imidazole rings is 1. The van der Waals surface area contributed by atoms with Crippen LogP contribution in [0.2, 0.25) is 15.1 Å². The minimum atomic E-state index is -0.455. The Kier molecular flexibility index (Phi) is 12.8. The number of halogens is 3. The van der Waals surface area contributed by atoms with E-state index in [-0.39, 0.29) is 25.9 Å². The topological polar surface area (TPSA) is 93.9 Å². The highest BCUT2D eigenvalue weighted by Crippen LogP contribution is 2.35. The summed E-state index contributed by atoms with van der Waals surface area (Å²) < 4.78 is 11.5. The number of carbonyl (C=O) groups excluding carboxylic acids is 2. The fourth-order valence-electron chi connectivity index (χ4n) is 2.29. The number of benzene rings is 1. The van der Waals surface area contributed by atoms with Gasteiger partial charge in [0, 0.05) is 29.5 Å². The van der Waals surface area contributed by atoms with Crippen molar-refractivity contribution in [2.24, 2.45) is 0 Å². The Morgan fingerprint density at radius 1 is 1.19 bits per heavy atom. The molecular weight excluding hydrogens is 481 g/mol. The summed E-state index contributed by atoms with van der Waals surface area (Å²) in [4.78, 5) is 28.4. The number of aliphatic hydroxyl groups excluding tert-OH is 1. The van der Waals surface area contributed by atoms with E-state index in [1.165, 1.54) is 10.9 Å².